The van der Waals surface area contributed by atoms with Crippen molar-refractivity contribution >= 4 is 55.2 Å². The maximum atomic E-state index is 13.9. The van der Waals surface area contributed by atoms with E-state index in [1.807, 2.05) is 12.1 Å². The largest absolute Gasteiger partial charge is 0.497 e. The predicted octanol–water partition coefficient (Wildman–Crippen LogP) is 4.35. The van der Waals surface area contributed by atoms with Crippen molar-refractivity contribution in [2.75, 3.05) is 27.9 Å². The van der Waals surface area contributed by atoms with E-state index < -0.39 is 12.0 Å². The van der Waals surface area contributed by atoms with Crippen molar-refractivity contribution in [1.29, 1.82) is 0 Å². The number of rotatable bonds is 7. The first-order valence-corrected chi connectivity index (χ1v) is 13.6. The normalized spacial score (nSPS) is 15.2. The summed E-state index contributed by atoms with van der Waals surface area (Å²) in [7, 11) is 4.67. The van der Waals surface area contributed by atoms with Crippen molar-refractivity contribution in [3.05, 3.63) is 81.4 Å². The van der Waals surface area contributed by atoms with Gasteiger partial charge in [0.25, 0.3) is 5.56 Å². The van der Waals surface area contributed by atoms with Crippen LogP contribution in [0.1, 0.15) is 31.0 Å². The molecule has 1 atom stereocenters. The second-order valence-corrected chi connectivity index (χ2v) is 10.6. The van der Waals surface area contributed by atoms with Gasteiger partial charge in [0.2, 0.25) is 0 Å². The van der Waals surface area contributed by atoms with E-state index in [0.29, 0.717) is 37.8 Å². The Kier molecular flexibility index (Phi) is 8.25. The number of aromatic nitrogens is 1. The topological polar surface area (TPSA) is 88.4 Å². The Morgan fingerprint density at radius 1 is 1.11 bits per heavy atom. The number of hydrogen-bond donors (Lipinski definition) is 0. The van der Waals surface area contributed by atoms with Gasteiger partial charge >= 0.3 is 5.97 Å². The number of esters is 1. The fraction of sp³-hybridized carbons (Fsp3) is 0.269. The van der Waals surface area contributed by atoms with Crippen molar-refractivity contribution in [2.24, 2.45) is 4.99 Å². The quantitative estimate of drug-likeness (QED) is 0.353. The highest BCUT2D eigenvalue weighted by atomic mass is 79.9. The molecule has 0 amide bonds. The number of carbonyl (C=O) groups excluding carboxylic acids is 1. The maximum absolute atomic E-state index is 13.9. The zero-order chi connectivity index (χ0) is 26.9. The van der Waals surface area contributed by atoms with Gasteiger partial charge in [-0.15, -0.1) is 0 Å². The molecule has 0 spiro atoms. The highest BCUT2D eigenvalue weighted by molar-refractivity contribution is 9.11. The van der Waals surface area contributed by atoms with Crippen LogP contribution in [0.3, 0.4) is 0 Å². The van der Waals surface area contributed by atoms with Crippen LogP contribution in [0.4, 0.5) is 0 Å². The third-order valence-electron chi connectivity index (χ3n) is 5.77. The minimum absolute atomic E-state index is 0.184. The van der Waals surface area contributed by atoms with Crippen molar-refractivity contribution < 1.29 is 23.7 Å². The number of nitrogens with zero attached hydrogens (tertiary/aromatic N) is 2. The minimum Gasteiger partial charge on any atom is -0.497 e. The van der Waals surface area contributed by atoms with E-state index in [1.54, 1.807) is 52.3 Å². The van der Waals surface area contributed by atoms with Gasteiger partial charge in [-0.2, -0.15) is 0 Å². The van der Waals surface area contributed by atoms with Crippen LogP contribution in [0, 0.1) is 0 Å². The third-order valence-corrected chi connectivity index (χ3v) is 7.93. The van der Waals surface area contributed by atoms with E-state index >= 15 is 0 Å². The molecule has 0 bridgehead atoms. The molecule has 1 aromatic heterocycles. The first-order chi connectivity index (χ1) is 17.7. The van der Waals surface area contributed by atoms with Crippen molar-refractivity contribution in [1.82, 2.24) is 4.57 Å². The van der Waals surface area contributed by atoms with Crippen LogP contribution in [0.15, 0.2) is 60.3 Å². The standard InChI is InChI=1S/C26H24Br2N2O6S/c1-6-36-25(32)21-13(2)29-26-30(22(21)16-12-15(33-3)7-8-19(16)34-4)24(31)20(37-26)11-14-9-17(27)23(35-5)18(28)10-14/h7-12,22H,6H2,1-5H3/b20-11-/t22-/m1/s1. The molecule has 0 fully saturated rings. The lowest BCUT2D eigenvalue weighted by molar-refractivity contribution is -0.139. The summed E-state index contributed by atoms with van der Waals surface area (Å²) < 4.78 is 25.3. The first-order valence-electron chi connectivity index (χ1n) is 11.2. The number of thiazole rings is 1. The van der Waals surface area contributed by atoms with E-state index in [4.69, 9.17) is 18.9 Å². The number of hydrogen-bond acceptors (Lipinski definition) is 8. The molecule has 1 aliphatic rings. The third kappa shape index (κ3) is 5.12. The number of fused-ring (bicyclic) bond motifs is 1. The molecule has 0 saturated heterocycles. The smallest absolute Gasteiger partial charge is 0.338 e. The summed E-state index contributed by atoms with van der Waals surface area (Å²) in [6.45, 7) is 3.65. The Balaban J connectivity index is 2.00. The molecule has 4 rings (SSSR count). The highest BCUT2D eigenvalue weighted by Gasteiger charge is 2.35. The second kappa shape index (κ2) is 11.2. The van der Waals surface area contributed by atoms with Gasteiger partial charge in [0.05, 0.1) is 52.7 Å². The van der Waals surface area contributed by atoms with Crippen LogP contribution in [0.2, 0.25) is 0 Å². The van der Waals surface area contributed by atoms with Crippen molar-refractivity contribution in [3.8, 4) is 17.2 Å². The number of ether oxygens (including phenoxy) is 4. The molecular weight excluding hydrogens is 628 g/mol. The summed E-state index contributed by atoms with van der Waals surface area (Å²) >= 11 is 8.25. The van der Waals surface area contributed by atoms with Gasteiger partial charge in [0.1, 0.15) is 23.3 Å². The fourth-order valence-corrected chi connectivity index (χ4v) is 6.74. The monoisotopic (exact) mass is 650 g/mol. The molecule has 0 radical (unpaired) electrons. The zero-order valence-electron chi connectivity index (χ0n) is 20.8. The molecule has 11 heteroatoms. The molecule has 0 saturated carbocycles. The molecule has 194 valence electrons. The number of carbonyl (C=O) groups is 1. The summed E-state index contributed by atoms with van der Waals surface area (Å²) in [6.07, 6.45) is 1.78. The van der Waals surface area contributed by atoms with Gasteiger partial charge in [-0.25, -0.2) is 9.79 Å². The fourth-order valence-electron chi connectivity index (χ4n) is 4.15. The molecule has 1 aliphatic heterocycles. The highest BCUT2D eigenvalue weighted by Crippen LogP contribution is 2.38. The predicted molar refractivity (Wildman–Crippen MR) is 148 cm³/mol. The van der Waals surface area contributed by atoms with Gasteiger partial charge in [0.15, 0.2) is 4.80 Å². The number of benzene rings is 2. The average molecular weight is 652 g/mol. The van der Waals surface area contributed by atoms with Crippen molar-refractivity contribution in [3.63, 3.8) is 0 Å². The SMILES string of the molecule is CCOC(=O)C1=C(C)N=c2s/c(=C\c3cc(Br)c(OC)c(Br)c3)c(=O)n2[C@@H]1c1cc(OC)ccc1OC. The minimum atomic E-state index is -0.822. The van der Waals surface area contributed by atoms with Gasteiger partial charge in [-0.05, 0) is 87.7 Å². The lowest BCUT2D eigenvalue weighted by Gasteiger charge is -2.26. The molecule has 37 heavy (non-hydrogen) atoms. The van der Waals surface area contributed by atoms with Crippen LogP contribution < -0.4 is 29.1 Å². The Morgan fingerprint density at radius 2 is 1.81 bits per heavy atom. The molecule has 8 nitrogen and oxygen atoms in total. The lowest BCUT2D eigenvalue weighted by atomic mass is 9.94. The van der Waals surface area contributed by atoms with E-state index in [1.165, 1.54) is 23.0 Å². The Morgan fingerprint density at radius 3 is 2.41 bits per heavy atom. The summed E-state index contributed by atoms with van der Waals surface area (Å²) in [5, 5.41) is 0. The summed E-state index contributed by atoms with van der Waals surface area (Å²) in [6, 6.07) is 8.16. The molecule has 0 aliphatic carbocycles. The van der Waals surface area contributed by atoms with E-state index in [9.17, 15) is 9.59 Å². The van der Waals surface area contributed by atoms with Gasteiger partial charge in [0, 0.05) is 5.56 Å². The van der Waals surface area contributed by atoms with E-state index in [2.05, 4.69) is 36.9 Å². The van der Waals surface area contributed by atoms with Crippen LogP contribution in [-0.4, -0.2) is 38.5 Å². The molecule has 2 heterocycles. The number of allylic oxidation sites excluding steroid dienone is 1. The van der Waals surface area contributed by atoms with Gasteiger partial charge in [-0.3, -0.25) is 9.36 Å². The second-order valence-electron chi connectivity index (χ2n) is 7.93. The van der Waals surface area contributed by atoms with Crippen LogP contribution in [0.25, 0.3) is 6.08 Å². The molecule has 0 N–H and O–H groups in total. The molecule has 2 aromatic carbocycles. The first kappa shape index (κ1) is 27.2. The zero-order valence-corrected chi connectivity index (χ0v) is 24.7. The number of halogens is 2. The summed E-state index contributed by atoms with van der Waals surface area (Å²) in [4.78, 5) is 32.1. The Labute approximate surface area is 234 Å². The van der Waals surface area contributed by atoms with Crippen LogP contribution in [0.5, 0.6) is 17.2 Å². The molecular formula is C26H24Br2N2O6S. The Hall–Kier alpha value is -2.89. The molecule has 3 aromatic rings. The van der Waals surface area contributed by atoms with Crippen molar-refractivity contribution in [2.45, 2.75) is 19.9 Å². The summed E-state index contributed by atoms with van der Waals surface area (Å²) in [5.41, 5.74) is 1.80. The van der Waals surface area contributed by atoms with Gasteiger partial charge in [-0.1, -0.05) is 11.3 Å². The lowest BCUT2D eigenvalue weighted by Crippen LogP contribution is -2.40. The Bertz CT molecular complexity index is 1570. The van der Waals surface area contributed by atoms with Crippen LogP contribution >= 0.6 is 43.2 Å². The molecule has 0 unspecified atom stereocenters. The van der Waals surface area contributed by atoms with E-state index in [-0.39, 0.29) is 17.7 Å². The maximum Gasteiger partial charge on any atom is 0.338 e. The van der Waals surface area contributed by atoms with E-state index in [0.717, 1.165) is 14.5 Å². The van der Waals surface area contributed by atoms with Gasteiger partial charge < -0.3 is 18.9 Å². The van der Waals surface area contributed by atoms with Crippen LogP contribution in [-0.2, 0) is 9.53 Å². The average Bonchev–Trinajstić information content (AvgIpc) is 3.16. The number of methoxy groups -OCH3 is 3. The summed E-state index contributed by atoms with van der Waals surface area (Å²) in [5.74, 6) is 1.16.